The van der Waals surface area contributed by atoms with E-state index in [1.807, 2.05) is 21.2 Å². The van der Waals surface area contributed by atoms with Crippen LogP contribution in [0.4, 0.5) is 5.69 Å². The standard InChI is InChI=1S/C7H5IN2O3S/c1-13-7-6(10(11)12)3-2-5(9-7)4-14-8/h2-3H,1H3. The quantitative estimate of drug-likeness (QED) is 0.476. The molecule has 1 aromatic heterocycles. The predicted octanol–water partition coefficient (Wildman–Crippen LogP) is 2.39. The minimum absolute atomic E-state index is 0.00505. The first-order chi connectivity index (χ1) is 6.69. The van der Waals surface area contributed by atoms with Crippen molar-refractivity contribution in [3.63, 3.8) is 0 Å². The number of ether oxygens (including phenoxy) is 1. The van der Waals surface area contributed by atoms with Gasteiger partial charge in [-0.2, -0.15) is 4.98 Å². The lowest BCUT2D eigenvalue weighted by atomic mass is 10.3. The highest BCUT2D eigenvalue weighted by molar-refractivity contribution is 14.2. The Kier molecular flexibility index (Phi) is 4.05. The Balaban J connectivity index is 3.22. The fraction of sp³-hybridized carbons (Fsp3) is 0.143. The molecule has 1 heterocycles. The second-order valence-electron chi connectivity index (χ2n) is 2.16. The molecule has 0 saturated heterocycles. The van der Waals surface area contributed by atoms with Gasteiger partial charge in [-0.05, 0) is 11.3 Å². The third-order valence-corrected chi connectivity index (χ3v) is 2.32. The summed E-state index contributed by atoms with van der Waals surface area (Å²) in [6, 6.07) is 2.87. The van der Waals surface area contributed by atoms with E-state index >= 15 is 0 Å². The summed E-state index contributed by atoms with van der Waals surface area (Å²) in [7, 11) is 2.66. The number of pyridine rings is 1. The van der Waals surface area contributed by atoms with Crippen LogP contribution in [0.1, 0.15) is 5.69 Å². The van der Waals surface area contributed by atoms with E-state index in [-0.39, 0.29) is 11.6 Å². The van der Waals surface area contributed by atoms with Gasteiger partial charge in [0, 0.05) is 27.3 Å². The number of nitrogens with zero attached hydrogens (tertiary/aromatic N) is 2. The van der Waals surface area contributed by atoms with Crippen LogP contribution in [0.2, 0.25) is 0 Å². The monoisotopic (exact) mass is 324 g/mol. The summed E-state index contributed by atoms with van der Waals surface area (Å²) >= 11 is 2.03. The Bertz CT molecular complexity index is 427. The van der Waals surface area contributed by atoms with E-state index in [0.29, 0.717) is 5.69 Å². The summed E-state index contributed by atoms with van der Waals surface area (Å²) in [6.45, 7) is 0. The molecular formula is C7H5IN2O3S. The molecule has 0 amide bonds. The van der Waals surface area contributed by atoms with Crippen LogP contribution in [0.3, 0.4) is 0 Å². The van der Waals surface area contributed by atoms with Gasteiger partial charge < -0.3 is 4.74 Å². The van der Waals surface area contributed by atoms with Crippen molar-refractivity contribution in [2.24, 2.45) is 0 Å². The van der Waals surface area contributed by atoms with E-state index in [1.54, 1.807) is 0 Å². The number of hydrogen-bond donors (Lipinski definition) is 0. The molecule has 1 rings (SSSR count). The molecule has 0 aromatic carbocycles. The molecule has 0 N–H and O–H groups in total. The van der Waals surface area contributed by atoms with Crippen molar-refractivity contribution in [3.05, 3.63) is 27.9 Å². The van der Waals surface area contributed by atoms with Crippen LogP contribution in [0.25, 0.3) is 0 Å². The van der Waals surface area contributed by atoms with Crippen molar-refractivity contribution in [2.45, 2.75) is 0 Å². The Morgan fingerprint density at radius 3 is 2.93 bits per heavy atom. The van der Waals surface area contributed by atoms with E-state index in [4.69, 9.17) is 4.74 Å². The van der Waals surface area contributed by atoms with Gasteiger partial charge in [-0.15, -0.1) is 0 Å². The molecule has 1 aromatic rings. The number of nitro groups is 1. The third kappa shape index (κ3) is 2.53. The molecule has 0 spiro atoms. The molecular weight excluding hydrogens is 319 g/mol. The molecule has 0 aliphatic heterocycles. The normalized spacial score (nSPS) is 9.00. The zero-order valence-electron chi connectivity index (χ0n) is 7.06. The fourth-order valence-electron chi connectivity index (χ4n) is 0.819. The maximum absolute atomic E-state index is 10.5. The zero-order valence-corrected chi connectivity index (χ0v) is 10.0. The van der Waals surface area contributed by atoms with Crippen LogP contribution in [-0.2, 0) is 0 Å². The molecule has 0 fully saturated rings. The van der Waals surface area contributed by atoms with Crippen molar-refractivity contribution in [1.29, 1.82) is 0 Å². The number of hydrogen-bond acceptors (Lipinski definition) is 4. The first-order valence-corrected chi connectivity index (χ1v) is 6.78. The molecule has 0 saturated carbocycles. The largest absolute Gasteiger partial charge is 0.476 e. The van der Waals surface area contributed by atoms with Gasteiger partial charge in [0.25, 0.3) is 5.88 Å². The molecule has 74 valence electrons. The van der Waals surface area contributed by atoms with Gasteiger partial charge in [0.2, 0.25) is 0 Å². The minimum Gasteiger partial charge on any atom is -0.476 e. The Morgan fingerprint density at radius 1 is 1.71 bits per heavy atom. The Hall–Kier alpha value is -0.920. The van der Waals surface area contributed by atoms with E-state index in [0.717, 1.165) is 0 Å². The lowest BCUT2D eigenvalue weighted by Gasteiger charge is -1.99. The van der Waals surface area contributed by atoms with Gasteiger partial charge in [-0.1, -0.05) is 8.34 Å². The first-order valence-electron chi connectivity index (χ1n) is 3.42. The molecule has 0 atom stereocenters. The summed E-state index contributed by atoms with van der Waals surface area (Å²) < 4.78 is 4.79. The highest BCUT2D eigenvalue weighted by atomic mass is 127. The third-order valence-electron chi connectivity index (χ3n) is 1.37. The van der Waals surface area contributed by atoms with Gasteiger partial charge in [0.1, 0.15) is 5.69 Å². The molecule has 0 unspecified atom stereocenters. The second kappa shape index (κ2) is 5.08. The number of methoxy groups -OCH3 is 1. The van der Waals surface area contributed by atoms with Crippen LogP contribution >= 0.6 is 29.5 Å². The summed E-state index contributed by atoms with van der Waals surface area (Å²) in [5, 5.41) is 13.3. The van der Waals surface area contributed by atoms with Gasteiger partial charge in [-0.3, -0.25) is 10.1 Å². The molecule has 7 heteroatoms. The minimum atomic E-state index is -0.535. The van der Waals surface area contributed by atoms with Gasteiger partial charge in [0.15, 0.2) is 0 Å². The van der Waals surface area contributed by atoms with Gasteiger partial charge in [-0.25, -0.2) is 0 Å². The van der Waals surface area contributed by atoms with Crippen LogP contribution in [-0.4, -0.2) is 17.0 Å². The molecule has 0 radical (unpaired) electrons. The van der Waals surface area contributed by atoms with Crippen LogP contribution in [0, 0.1) is 15.3 Å². The summed E-state index contributed by atoms with van der Waals surface area (Å²) in [5.74, 6) is 0.00505. The summed E-state index contributed by atoms with van der Waals surface area (Å²) in [4.78, 5) is 13.9. The lowest BCUT2D eigenvalue weighted by Crippen LogP contribution is -1.97. The summed E-state index contributed by atoms with van der Waals surface area (Å²) in [5.41, 5.74) is 0.378. The molecule has 14 heavy (non-hydrogen) atoms. The molecule has 0 aliphatic carbocycles. The average Bonchev–Trinajstić information content (AvgIpc) is 2.17. The molecule has 0 bridgehead atoms. The number of rotatable bonds is 2. The number of halogens is 1. The van der Waals surface area contributed by atoms with E-state index in [2.05, 4.69) is 10.2 Å². The van der Waals surface area contributed by atoms with Crippen molar-refractivity contribution >= 4 is 35.2 Å². The van der Waals surface area contributed by atoms with Crippen LogP contribution < -0.4 is 4.74 Å². The van der Waals surface area contributed by atoms with E-state index in [9.17, 15) is 10.1 Å². The van der Waals surface area contributed by atoms with Crippen molar-refractivity contribution in [1.82, 2.24) is 4.98 Å². The predicted molar refractivity (Wildman–Crippen MR) is 62.0 cm³/mol. The highest BCUT2D eigenvalue weighted by Crippen LogP contribution is 2.23. The highest BCUT2D eigenvalue weighted by Gasteiger charge is 2.15. The second-order valence-corrected chi connectivity index (χ2v) is 3.84. The SMILES string of the molecule is COc1nc(C#SI)ccc1[N+](=O)[O-]. The van der Waals surface area contributed by atoms with Crippen molar-refractivity contribution in [2.75, 3.05) is 7.11 Å². The van der Waals surface area contributed by atoms with Crippen LogP contribution in [0.15, 0.2) is 12.1 Å². The van der Waals surface area contributed by atoms with Crippen molar-refractivity contribution in [3.8, 4) is 11.1 Å². The average molecular weight is 324 g/mol. The zero-order chi connectivity index (χ0) is 10.6. The smallest absolute Gasteiger partial charge is 0.331 e. The Labute approximate surface area is 95.8 Å². The van der Waals surface area contributed by atoms with Gasteiger partial charge in [0.05, 0.1) is 12.0 Å². The maximum Gasteiger partial charge on any atom is 0.331 e. The molecule has 0 aliphatic rings. The fourth-order valence-corrected chi connectivity index (χ4v) is 1.69. The van der Waals surface area contributed by atoms with Crippen LogP contribution in [0.5, 0.6) is 5.88 Å². The topological polar surface area (TPSA) is 65.3 Å². The van der Waals surface area contributed by atoms with Crippen molar-refractivity contribution < 1.29 is 9.66 Å². The number of aromatic nitrogens is 1. The Morgan fingerprint density at radius 2 is 2.43 bits per heavy atom. The molecule has 5 nitrogen and oxygen atoms in total. The summed E-state index contributed by atoms with van der Waals surface area (Å²) in [6.07, 6.45) is 0. The van der Waals surface area contributed by atoms with Gasteiger partial charge >= 0.3 is 5.69 Å². The van der Waals surface area contributed by atoms with E-state index in [1.165, 1.54) is 27.6 Å². The van der Waals surface area contributed by atoms with E-state index < -0.39 is 4.92 Å². The lowest BCUT2D eigenvalue weighted by molar-refractivity contribution is -0.386. The maximum atomic E-state index is 10.5. The first kappa shape index (κ1) is 11.2.